The first-order valence-electron chi connectivity index (χ1n) is 5.81. The molecule has 0 saturated carbocycles. The molecule has 0 spiro atoms. The van der Waals surface area contributed by atoms with Crippen LogP contribution in [0.5, 0.6) is 0 Å². The number of hydrogen-bond donors (Lipinski definition) is 3. The topological polar surface area (TPSA) is 61.4 Å². The van der Waals surface area contributed by atoms with Gasteiger partial charge < -0.3 is 15.7 Å². The number of urea groups is 1. The number of nitrogens with one attached hydrogen (secondary N) is 2. The van der Waals surface area contributed by atoms with Gasteiger partial charge in [0.05, 0.1) is 6.61 Å². The standard InChI is InChI=1S/C14H12Br2N2O2/c15-10-2-1-3-12(6-10)17-14(20)18-13-7-11(16)5-4-9(13)8-19/h1-7,19H,8H2,(H2,17,18,20). The lowest BCUT2D eigenvalue weighted by Gasteiger charge is -2.11. The summed E-state index contributed by atoms with van der Waals surface area (Å²) in [4.78, 5) is 11.9. The van der Waals surface area contributed by atoms with Gasteiger partial charge in [-0.05, 0) is 30.3 Å². The van der Waals surface area contributed by atoms with E-state index < -0.39 is 0 Å². The first-order valence-corrected chi connectivity index (χ1v) is 7.40. The van der Waals surface area contributed by atoms with E-state index in [0.717, 1.165) is 8.95 Å². The molecule has 0 aliphatic heterocycles. The van der Waals surface area contributed by atoms with Crippen molar-refractivity contribution < 1.29 is 9.90 Å². The number of rotatable bonds is 3. The normalized spacial score (nSPS) is 10.2. The maximum atomic E-state index is 11.9. The average molecular weight is 400 g/mol. The molecule has 4 nitrogen and oxygen atoms in total. The number of aliphatic hydroxyl groups excluding tert-OH is 1. The molecule has 2 aromatic carbocycles. The highest BCUT2D eigenvalue weighted by molar-refractivity contribution is 9.10. The van der Waals surface area contributed by atoms with Gasteiger partial charge in [0, 0.05) is 25.9 Å². The van der Waals surface area contributed by atoms with E-state index in [9.17, 15) is 9.90 Å². The Balaban J connectivity index is 2.10. The Bertz CT molecular complexity index is 632. The van der Waals surface area contributed by atoms with Gasteiger partial charge in [0.1, 0.15) is 0 Å². The van der Waals surface area contributed by atoms with E-state index in [1.807, 2.05) is 18.2 Å². The Labute approximate surface area is 133 Å². The lowest BCUT2D eigenvalue weighted by atomic mass is 10.2. The highest BCUT2D eigenvalue weighted by atomic mass is 79.9. The van der Waals surface area contributed by atoms with Crippen LogP contribution in [0.15, 0.2) is 51.4 Å². The molecule has 3 N–H and O–H groups in total. The molecule has 0 radical (unpaired) electrons. The predicted octanol–water partition coefficient (Wildman–Crippen LogP) is 4.35. The van der Waals surface area contributed by atoms with Gasteiger partial charge in [0.15, 0.2) is 0 Å². The van der Waals surface area contributed by atoms with Crippen molar-refractivity contribution in [3.63, 3.8) is 0 Å². The molecule has 20 heavy (non-hydrogen) atoms. The van der Waals surface area contributed by atoms with Gasteiger partial charge in [-0.1, -0.05) is 44.0 Å². The molecule has 2 aromatic rings. The Kier molecular flexibility index (Phi) is 5.17. The minimum Gasteiger partial charge on any atom is -0.392 e. The average Bonchev–Trinajstić information content (AvgIpc) is 2.38. The Morgan fingerprint density at radius 3 is 2.50 bits per heavy atom. The minimum atomic E-state index is -0.365. The summed E-state index contributed by atoms with van der Waals surface area (Å²) < 4.78 is 1.71. The molecular formula is C14H12Br2N2O2. The second kappa shape index (κ2) is 6.88. The Morgan fingerprint density at radius 1 is 1.05 bits per heavy atom. The molecule has 0 fully saturated rings. The van der Waals surface area contributed by atoms with Crippen LogP contribution >= 0.6 is 31.9 Å². The Morgan fingerprint density at radius 2 is 1.80 bits per heavy atom. The van der Waals surface area contributed by atoms with Gasteiger partial charge in [-0.15, -0.1) is 0 Å². The van der Waals surface area contributed by atoms with Crippen LogP contribution in [0, 0.1) is 0 Å². The highest BCUT2D eigenvalue weighted by Gasteiger charge is 2.07. The van der Waals surface area contributed by atoms with Crippen molar-refractivity contribution >= 4 is 49.3 Å². The van der Waals surface area contributed by atoms with Crippen molar-refractivity contribution in [3.8, 4) is 0 Å². The summed E-state index contributed by atoms with van der Waals surface area (Å²) in [6, 6.07) is 12.2. The van der Waals surface area contributed by atoms with E-state index in [-0.39, 0.29) is 12.6 Å². The van der Waals surface area contributed by atoms with Crippen LogP contribution < -0.4 is 10.6 Å². The predicted molar refractivity (Wildman–Crippen MR) is 86.8 cm³/mol. The van der Waals surface area contributed by atoms with Crippen LogP contribution in [0.2, 0.25) is 0 Å². The number of benzene rings is 2. The van der Waals surface area contributed by atoms with Crippen LogP contribution in [0.3, 0.4) is 0 Å². The van der Waals surface area contributed by atoms with Gasteiger partial charge in [0.25, 0.3) is 0 Å². The number of amides is 2. The van der Waals surface area contributed by atoms with Crippen molar-refractivity contribution in [1.29, 1.82) is 0 Å². The molecule has 0 unspecified atom stereocenters. The molecule has 0 aliphatic rings. The fraction of sp³-hybridized carbons (Fsp3) is 0.0714. The number of carbonyl (C=O) groups is 1. The second-order valence-electron chi connectivity index (χ2n) is 4.05. The zero-order valence-corrected chi connectivity index (χ0v) is 13.5. The molecule has 0 aromatic heterocycles. The summed E-state index contributed by atoms with van der Waals surface area (Å²) in [5.74, 6) is 0. The van der Waals surface area contributed by atoms with Gasteiger partial charge in [0.2, 0.25) is 0 Å². The molecule has 104 valence electrons. The quantitative estimate of drug-likeness (QED) is 0.718. The van der Waals surface area contributed by atoms with E-state index in [0.29, 0.717) is 16.9 Å². The fourth-order valence-electron chi connectivity index (χ4n) is 1.65. The summed E-state index contributed by atoms with van der Waals surface area (Å²) in [6.45, 7) is -0.139. The molecule has 0 heterocycles. The third kappa shape index (κ3) is 4.06. The third-order valence-electron chi connectivity index (χ3n) is 2.57. The van der Waals surface area contributed by atoms with Crippen molar-refractivity contribution in [1.82, 2.24) is 0 Å². The minimum absolute atomic E-state index is 0.139. The summed E-state index contributed by atoms with van der Waals surface area (Å²) in [5, 5.41) is 14.7. The molecule has 0 bridgehead atoms. The summed E-state index contributed by atoms with van der Waals surface area (Å²) in [6.07, 6.45) is 0. The fourth-order valence-corrected chi connectivity index (χ4v) is 2.41. The number of halogens is 2. The number of aliphatic hydroxyl groups is 1. The third-order valence-corrected chi connectivity index (χ3v) is 3.56. The molecule has 6 heteroatoms. The van der Waals surface area contributed by atoms with E-state index >= 15 is 0 Å². The van der Waals surface area contributed by atoms with E-state index in [1.54, 1.807) is 24.3 Å². The highest BCUT2D eigenvalue weighted by Crippen LogP contribution is 2.22. The zero-order valence-electron chi connectivity index (χ0n) is 10.4. The van der Waals surface area contributed by atoms with Crippen molar-refractivity contribution in [2.75, 3.05) is 10.6 Å². The summed E-state index contributed by atoms with van der Waals surface area (Å²) >= 11 is 6.67. The molecule has 0 saturated heterocycles. The van der Waals surface area contributed by atoms with Crippen LogP contribution in [0.25, 0.3) is 0 Å². The zero-order chi connectivity index (χ0) is 14.5. The van der Waals surface area contributed by atoms with Gasteiger partial charge in [-0.3, -0.25) is 0 Å². The molecule has 2 amide bonds. The van der Waals surface area contributed by atoms with Gasteiger partial charge in [-0.25, -0.2) is 4.79 Å². The lowest BCUT2D eigenvalue weighted by Crippen LogP contribution is -2.20. The molecule has 0 aliphatic carbocycles. The van der Waals surface area contributed by atoms with Crippen LogP contribution in [0.4, 0.5) is 16.2 Å². The molecule has 0 atom stereocenters. The SMILES string of the molecule is O=C(Nc1cccc(Br)c1)Nc1cc(Br)ccc1CO. The monoisotopic (exact) mass is 398 g/mol. The Hall–Kier alpha value is -1.37. The van der Waals surface area contributed by atoms with E-state index in [1.165, 1.54) is 0 Å². The number of anilines is 2. The molecule has 2 rings (SSSR count). The maximum absolute atomic E-state index is 11.9. The summed E-state index contributed by atoms with van der Waals surface area (Å²) in [7, 11) is 0. The first-order chi connectivity index (χ1) is 9.58. The first kappa shape index (κ1) is 15.0. The van der Waals surface area contributed by atoms with Crippen molar-refractivity contribution in [2.24, 2.45) is 0 Å². The van der Waals surface area contributed by atoms with E-state index in [2.05, 4.69) is 42.5 Å². The number of hydrogen-bond acceptors (Lipinski definition) is 2. The maximum Gasteiger partial charge on any atom is 0.323 e. The number of carbonyl (C=O) groups excluding carboxylic acids is 1. The van der Waals surface area contributed by atoms with Gasteiger partial charge >= 0.3 is 6.03 Å². The lowest BCUT2D eigenvalue weighted by molar-refractivity contribution is 0.262. The van der Waals surface area contributed by atoms with Crippen LogP contribution in [-0.2, 0) is 6.61 Å². The van der Waals surface area contributed by atoms with E-state index in [4.69, 9.17) is 0 Å². The van der Waals surface area contributed by atoms with Crippen LogP contribution in [0.1, 0.15) is 5.56 Å². The second-order valence-corrected chi connectivity index (χ2v) is 5.88. The summed E-state index contributed by atoms with van der Waals surface area (Å²) in [5.41, 5.74) is 1.89. The largest absolute Gasteiger partial charge is 0.392 e. The van der Waals surface area contributed by atoms with Gasteiger partial charge in [-0.2, -0.15) is 0 Å². The smallest absolute Gasteiger partial charge is 0.323 e. The van der Waals surface area contributed by atoms with Crippen molar-refractivity contribution in [3.05, 3.63) is 57.0 Å². The molecular weight excluding hydrogens is 388 g/mol. The van der Waals surface area contributed by atoms with Crippen LogP contribution in [-0.4, -0.2) is 11.1 Å². The van der Waals surface area contributed by atoms with Crippen molar-refractivity contribution in [2.45, 2.75) is 6.61 Å².